The lowest BCUT2D eigenvalue weighted by Gasteiger charge is -2.26. The Kier molecular flexibility index (Phi) is 13.5. The Hall–Kier alpha value is -10.3. The number of hydrogen-bond acceptors (Lipinski definition) is 1. The number of hydrogen-bond donors (Lipinski definition) is 0. The molecular weight excluding hydrogens is 951 g/mol. The van der Waals surface area contributed by atoms with Crippen LogP contribution in [-0.2, 0) is 0 Å². The van der Waals surface area contributed by atoms with E-state index in [2.05, 4.69) is 339 Å². The third-order valence-corrected chi connectivity index (χ3v) is 15.2. The van der Waals surface area contributed by atoms with E-state index in [4.69, 9.17) is 0 Å². The van der Waals surface area contributed by atoms with Crippen LogP contribution < -0.4 is 4.90 Å². The van der Waals surface area contributed by atoms with Gasteiger partial charge in [0.25, 0.3) is 0 Å². The highest BCUT2D eigenvalue weighted by Crippen LogP contribution is 2.41. The smallest absolute Gasteiger partial charge is 0.0462 e. The summed E-state index contributed by atoms with van der Waals surface area (Å²) in [6, 6.07) is 121. The first kappa shape index (κ1) is 48.3. The minimum atomic E-state index is 1.07. The van der Waals surface area contributed by atoms with Crippen LogP contribution in [0.25, 0.3) is 111 Å². The van der Waals surface area contributed by atoms with Crippen LogP contribution in [0.15, 0.2) is 334 Å². The van der Waals surface area contributed by atoms with Crippen LogP contribution in [0.3, 0.4) is 0 Å². The summed E-state index contributed by atoms with van der Waals surface area (Å²) in [5.74, 6) is 0. The van der Waals surface area contributed by atoms with Gasteiger partial charge in [-0.25, -0.2) is 0 Å². The minimum Gasteiger partial charge on any atom is -0.311 e. The minimum absolute atomic E-state index is 1.07. The molecule has 0 saturated carbocycles. The Balaban J connectivity index is 0.799. The molecule has 0 aliphatic heterocycles. The molecule has 0 heterocycles. The predicted octanol–water partition coefficient (Wildman–Crippen LogP) is 21.8. The molecule has 0 aliphatic rings. The molecule has 1 nitrogen and oxygen atoms in total. The Labute approximate surface area is 464 Å². The van der Waals surface area contributed by atoms with Gasteiger partial charge in [-0.3, -0.25) is 0 Å². The second-order valence-electron chi connectivity index (χ2n) is 20.1. The van der Waals surface area contributed by atoms with E-state index < -0.39 is 0 Å². The molecule has 0 saturated heterocycles. The van der Waals surface area contributed by atoms with Crippen molar-refractivity contribution in [3.05, 3.63) is 334 Å². The first-order valence-electron chi connectivity index (χ1n) is 27.1. The third kappa shape index (κ3) is 10.4. The fourth-order valence-corrected chi connectivity index (χ4v) is 11.0. The molecule has 13 aromatic carbocycles. The highest BCUT2D eigenvalue weighted by Gasteiger charge is 2.17. The van der Waals surface area contributed by atoms with Gasteiger partial charge in [0.1, 0.15) is 0 Å². The fraction of sp³-hybridized carbons (Fsp3) is 0. The van der Waals surface area contributed by atoms with Crippen molar-refractivity contribution in [3.63, 3.8) is 0 Å². The summed E-state index contributed by atoms with van der Waals surface area (Å²) < 4.78 is 0. The van der Waals surface area contributed by atoms with Crippen molar-refractivity contribution in [2.75, 3.05) is 4.90 Å². The van der Waals surface area contributed by atoms with E-state index >= 15 is 0 Å². The SMILES string of the molecule is c1ccc(-c2ccc(-c3ccc(-c4ccccc4-c4ccc(N(c5ccc(-c6cccc(-c7ccccc7)c6)cc5)c5ccc(-c6ccccc6-c6ccc(-c7ccc(-c8ccccc8)cc7)cc6)cc5)cc4)cc3)cc2)cc1. The van der Waals surface area contributed by atoms with Crippen molar-refractivity contribution in [1.82, 2.24) is 0 Å². The van der Waals surface area contributed by atoms with E-state index in [1.807, 2.05) is 0 Å². The lowest BCUT2D eigenvalue weighted by molar-refractivity contribution is 1.28. The van der Waals surface area contributed by atoms with Crippen LogP contribution >= 0.6 is 0 Å². The Morgan fingerprint density at radius 2 is 0.304 bits per heavy atom. The lowest BCUT2D eigenvalue weighted by Crippen LogP contribution is -2.09. The van der Waals surface area contributed by atoms with Gasteiger partial charge >= 0.3 is 0 Å². The molecule has 0 spiro atoms. The summed E-state index contributed by atoms with van der Waals surface area (Å²) in [5.41, 5.74) is 27.2. The highest BCUT2D eigenvalue weighted by molar-refractivity contribution is 5.89. The van der Waals surface area contributed by atoms with E-state index in [0.29, 0.717) is 0 Å². The standard InChI is InChI=1S/C78H55N/c1-4-15-56(16-5-1)59-27-31-61(32-28-59)63-35-39-66(40-36-63)75-23-10-12-25-77(75)68-45-51-73(52-46-68)79(72-49-43-65(44-50-72)71-22-14-21-70(55-71)58-19-8-3-9-20-58)74-53-47-69(48-54-74)78-26-13-11-24-76(78)67-41-37-64(38-42-67)62-33-29-60(30-34-62)57-17-6-2-7-18-57/h1-55H. The molecule has 79 heavy (non-hydrogen) atoms. The number of anilines is 3. The quantitative estimate of drug-likeness (QED) is 0.111. The first-order valence-corrected chi connectivity index (χ1v) is 27.1. The van der Waals surface area contributed by atoms with E-state index in [1.165, 1.54) is 100 Å². The molecule has 0 aromatic heterocycles. The van der Waals surface area contributed by atoms with Gasteiger partial charge in [-0.1, -0.05) is 291 Å². The maximum atomic E-state index is 2.37. The maximum Gasteiger partial charge on any atom is 0.0462 e. The van der Waals surface area contributed by atoms with E-state index in [9.17, 15) is 0 Å². The van der Waals surface area contributed by atoms with Gasteiger partial charge in [0.05, 0.1) is 0 Å². The average molecular weight is 1010 g/mol. The molecule has 0 unspecified atom stereocenters. The molecule has 13 rings (SSSR count). The summed E-state index contributed by atoms with van der Waals surface area (Å²) in [5, 5.41) is 0. The number of rotatable bonds is 13. The zero-order valence-electron chi connectivity index (χ0n) is 43.7. The summed E-state index contributed by atoms with van der Waals surface area (Å²) in [6.45, 7) is 0. The maximum absolute atomic E-state index is 2.37. The van der Waals surface area contributed by atoms with E-state index in [0.717, 1.165) is 28.2 Å². The van der Waals surface area contributed by atoms with Crippen LogP contribution in [0, 0.1) is 0 Å². The number of nitrogens with zero attached hydrogens (tertiary/aromatic N) is 1. The fourth-order valence-electron chi connectivity index (χ4n) is 11.0. The van der Waals surface area contributed by atoms with Crippen molar-refractivity contribution in [2.45, 2.75) is 0 Å². The molecule has 372 valence electrons. The van der Waals surface area contributed by atoms with Gasteiger partial charge in [0.2, 0.25) is 0 Å². The second-order valence-corrected chi connectivity index (χ2v) is 20.1. The van der Waals surface area contributed by atoms with Crippen LogP contribution in [0.5, 0.6) is 0 Å². The van der Waals surface area contributed by atoms with Crippen molar-refractivity contribution in [1.29, 1.82) is 0 Å². The second kappa shape index (κ2) is 22.1. The molecule has 0 aliphatic carbocycles. The van der Waals surface area contributed by atoms with Crippen molar-refractivity contribution >= 4 is 17.1 Å². The molecular formula is C78H55N. The molecule has 1 heteroatoms. The molecule has 0 radical (unpaired) electrons. The summed E-state index contributed by atoms with van der Waals surface area (Å²) in [6.07, 6.45) is 0. The molecule has 0 amide bonds. The zero-order chi connectivity index (χ0) is 52.7. The molecule has 0 atom stereocenters. The van der Waals surface area contributed by atoms with Gasteiger partial charge in [-0.15, -0.1) is 0 Å². The predicted molar refractivity (Wildman–Crippen MR) is 335 cm³/mol. The summed E-state index contributed by atoms with van der Waals surface area (Å²) in [7, 11) is 0. The van der Waals surface area contributed by atoms with Crippen LogP contribution in [0.4, 0.5) is 17.1 Å². The monoisotopic (exact) mass is 1010 g/mol. The Morgan fingerprint density at radius 3 is 0.582 bits per heavy atom. The summed E-state index contributed by atoms with van der Waals surface area (Å²) >= 11 is 0. The molecule has 13 aromatic rings. The van der Waals surface area contributed by atoms with E-state index in [-0.39, 0.29) is 0 Å². The van der Waals surface area contributed by atoms with Crippen LogP contribution in [0.1, 0.15) is 0 Å². The van der Waals surface area contributed by atoms with Gasteiger partial charge in [-0.2, -0.15) is 0 Å². The van der Waals surface area contributed by atoms with Gasteiger partial charge in [-0.05, 0) is 154 Å². The van der Waals surface area contributed by atoms with Crippen molar-refractivity contribution < 1.29 is 0 Å². The van der Waals surface area contributed by atoms with Crippen molar-refractivity contribution in [3.8, 4) is 111 Å². The van der Waals surface area contributed by atoms with Gasteiger partial charge in [0.15, 0.2) is 0 Å². The third-order valence-electron chi connectivity index (χ3n) is 15.2. The van der Waals surface area contributed by atoms with Crippen molar-refractivity contribution in [2.24, 2.45) is 0 Å². The van der Waals surface area contributed by atoms with Crippen LogP contribution in [0.2, 0.25) is 0 Å². The normalized spacial score (nSPS) is 11.0. The van der Waals surface area contributed by atoms with Gasteiger partial charge in [0, 0.05) is 17.1 Å². The first-order chi connectivity index (χ1) is 39.1. The lowest BCUT2D eigenvalue weighted by atomic mass is 9.92. The highest BCUT2D eigenvalue weighted by atomic mass is 15.1. The molecule has 0 bridgehead atoms. The van der Waals surface area contributed by atoms with Gasteiger partial charge < -0.3 is 4.90 Å². The van der Waals surface area contributed by atoms with Crippen LogP contribution in [-0.4, -0.2) is 0 Å². The molecule has 0 N–H and O–H groups in total. The zero-order valence-corrected chi connectivity index (χ0v) is 43.7. The molecule has 0 fully saturated rings. The average Bonchev–Trinajstić information content (AvgIpc) is 3.54. The Bertz CT molecular complexity index is 3920. The largest absolute Gasteiger partial charge is 0.311 e. The number of benzene rings is 13. The topological polar surface area (TPSA) is 3.24 Å². The van der Waals surface area contributed by atoms with E-state index in [1.54, 1.807) is 0 Å². The Morgan fingerprint density at radius 1 is 0.127 bits per heavy atom. The summed E-state index contributed by atoms with van der Waals surface area (Å²) in [4.78, 5) is 2.37.